The molecule has 36 heavy (non-hydrogen) atoms. The number of amides is 2. The van der Waals surface area contributed by atoms with Crippen LogP contribution in [0.5, 0.6) is 0 Å². The summed E-state index contributed by atoms with van der Waals surface area (Å²) in [7, 11) is 0. The second-order valence-corrected chi connectivity index (χ2v) is 10.3. The second kappa shape index (κ2) is 10.6. The van der Waals surface area contributed by atoms with Gasteiger partial charge in [0.2, 0.25) is 23.3 Å². The Hall–Kier alpha value is -4.21. The molecule has 0 saturated carbocycles. The Balaban J connectivity index is 1.70. The molecule has 0 radical (unpaired) electrons. The molecule has 0 spiro atoms. The highest BCUT2D eigenvalue weighted by Gasteiger charge is 2.22. The number of hydrogen-bond acceptors (Lipinski definition) is 8. The maximum atomic E-state index is 13.0. The Morgan fingerprint density at radius 1 is 0.833 bits per heavy atom. The lowest BCUT2D eigenvalue weighted by atomic mass is 9.95. The molecule has 1 aromatic heterocycles. The number of anilines is 1. The zero-order valence-electron chi connectivity index (χ0n) is 21.2. The fraction of sp³-hybridized carbons (Fsp3) is 0.346. The fourth-order valence-corrected chi connectivity index (χ4v) is 2.93. The maximum Gasteiger partial charge on any atom is 0.407 e. The summed E-state index contributed by atoms with van der Waals surface area (Å²) in [4.78, 5) is 37.1. The van der Waals surface area contributed by atoms with Crippen molar-refractivity contribution in [3.8, 4) is 11.4 Å². The van der Waals surface area contributed by atoms with E-state index in [4.69, 9.17) is 4.74 Å². The Bertz CT molecular complexity index is 1240. The Labute approximate surface area is 209 Å². The van der Waals surface area contributed by atoms with Gasteiger partial charge in [0.25, 0.3) is 0 Å². The van der Waals surface area contributed by atoms with Gasteiger partial charge in [0.1, 0.15) is 6.61 Å². The summed E-state index contributed by atoms with van der Waals surface area (Å²) >= 11 is 0. The molecule has 188 valence electrons. The molecule has 10 nitrogen and oxygen atoms in total. The van der Waals surface area contributed by atoms with E-state index in [1.807, 2.05) is 41.5 Å². The maximum absolute atomic E-state index is 13.0. The molecule has 0 aliphatic carbocycles. The van der Waals surface area contributed by atoms with Crippen molar-refractivity contribution in [3.05, 3.63) is 65.5 Å². The van der Waals surface area contributed by atoms with Crippen molar-refractivity contribution in [2.45, 2.75) is 53.7 Å². The number of rotatable bonds is 6. The molecular weight excluding hydrogens is 460 g/mol. The molecule has 0 fully saturated rings. The second-order valence-electron chi connectivity index (χ2n) is 10.3. The van der Waals surface area contributed by atoms with Gasteiger partial charge in [-0.1, -0.05) is 45.0 Å². The number of ketones is 1. The summed E-state index contributed by atoms with van der Waals surface area (Å²) in [6, 6.07) is 13.6. The number of nitrogens with one attached hydrogen (secondary N) is 2. The number of nitrogens with zero attached hydrogens (tertiary/aromatic N) is 4. The molecule has 2 aromatic carbocycles. The molecule has 0 saturated heterocycles. The van der Waals surface area contributed by atoms with Crippen molar-refractivity contribution in [3.63, 3.8) is 0 Å². The summed E-state index contributed by atoms with van der Waals surface area (Å²) in [5.74, 6) is -0.537. The van der Waals surface area contributed by atoms with Crippen molar-refractivity contribution in [1.82, 2.24) is 25.7 Å². The smallest absolute Gasteiger partial charge is 0.407 e. The quantitative estimate of drug-likeness (QED) is 0.491. The van der Waals surface area contributed by atoms with Gasteiger partial charge in [0.15, 0.2) is 0 Å². The lowest BCUT2D eigenvalue weighted by Crippen LogP contribution is -2.40. The standard InChI is InChI=1S/C26H30N6O4/c1-25(2,3)23(34)27-18-13-11-16(12-14-18)21-29-31-22(32-30-21)20(33)19-10-8-7-9-17(19)15-36-24(35)28-26(4,5)6/h7-14H,15H2,1-6H3,(H,27,34)(H,28,35). The lowest BCUT2D eigenvalue weighted by Gasteiger charge is -2.20. The average molecular weight is 491 g/mol. The first-order valence-corrected chi connectivity index (χ1v) is 11.4. The molecule has 0 unspecified atom stereocenters. The number of carbonyl (C=O) groups excluding carboxylic acids is 3. The van der Waals surface area contributed by atoms with Gasteiger partial charge in [0, 0.05) is 33.3 Å². The monoisotopic (exact) mass is 490 g/mol. The largest absolute Gasteiger partial charge is 0.445 e. The molecule has 10 heteroatoms. The summed E-state index contributed by atoms with van der Waals surface area (Å²) in [5.41, 5.74) is 1.10. The van der Waals surface area contributed by atoms with E-state index < -0.39 is 22.8 Å². The summed E-state index contributed by atoms with van der Waals surface area (Å²) in [6.07, 6.45) is -0.585. The summed E-state index contributed by atoms with van der Waals surface area (Å²) in [6.45, 7) is 10.9. The van der Waals surface area contributed by atoms with Crippen LogP contribution in [-0.4, -0.2) is 43.7 Å². The van der Waals surface area contributed by atoms with Gasteiger partial charge >= 0.3 is 6.09 Å². The van der Waals surface area contributed by atoms with Crippen molar-refractivity contribution in [2.75, 3.05) is 5.32 Å². The molecule has 0 bridgehead atoms. The first kappa shape index (κ1) is 26.4. The van der Waals surface area contributed by atoms with Gasteiger partial charge in [-0.15, -0.1) is 20.4 Å². The number of benzene rings is 2. The highest BCUT2D eigenvalue weighted by atomic mass is 16.5. The van der Waals surface area contributed by atoms with E-state index >= 15 is 0 Å². The van der Waals surface area contributed by atoms with E-state index in [1.54, 1.807) is 48.5 Å². The van der Waals surface area contributed by atoms with Crippen molar-refractivity contribution < 1.29 is 19.1 Å². The van der Waals surface area contributed by atoms with Gasteiger partial charge in [-0.3, -0.25) is 9.59 Å². The molecule has 3 rings (SSSR count). The minimum atomic E-state index is -0.585. The lowest BCUT2D eigenvalue weighted by molar-refractivity contribution is -0.123. The Kier molecular flexibility index (Phi) is 7.77. The van der Waals surface area contributed by atoms with E-state index in [-0.39, 0.29) is 29.7 Å². The molecule has 2 N–H and O–H groups in total. The van der Waals surface area contributed by atoms with Gasteiger partial charge in [0.05, 0.1) is 0 Å². The third-order valence-corrected chi connectivity index (χ3v) is 4.86. The predicted molar refractivity (Wildman–Crippen MR) is 134 cm³/mol. The molecule has 0 atom stereocenters. The van der Waals surface area contributed by atoms with E-state index in [2.05, 4.69) is 31.0 Å². The number of ether oxygens (including phenoxy) is 1. The topological polar surface area (TPSA) is 136 Å². The van der Waals surface area contributed by atoms with Crippen LogP contribution in [0.2, 0.25) is 0 Å². The van der Waals surface area contributed by atoms with E-state index in [1.165, 1.54) is 0 Å². The Morgan fingerprint density at radius 2 is 1.44 bits per heavy atom. The van der Waals surface area contributed by atoms with Crippen molar-refractivity contribution >= 4 is 23.5 Å². The molecular formula is C26H30N6O4. The predicted octanol–water partition coefficient (Wildman–Crippen LogP) is 4.17. The molecule has 0 aliphatic heterocycles. The molecule has 0 aliphatic rings. The number of aromatic nitrogens is 4. The van der Waals surface area contributed by atoms with Crippen LogP contribution in [0.4, 0.5) is 10.5 Å². The fourth-order valence-electron chi connectivity index (χ4n) is 2.93. The van der Waals surface area contributed by atoms with Gasteiger partial charge in [-0.05, 0) is 45.0 Å². The minimum absolute atomic E-state index is 0.0964. The molecule has 1 heterocycles. The Morgan fingerprint density at radius 3 is 2.03 bits per heavy atom. The van der Waals surface area contributed by atoms with Crippen LogP contribution >= 0.6 is 0 Å². The minimum Gasteiger partial charge on any atom is -0.445 e. The third kappa shape index (κ3) is 7.14. The van der Waals surface area contributed by atoms with Crippen LogP contribution in [0.15, 0.2) is 48.5 Å². The highest BCUT2D eigenvalue weighted by molar-refractivity contribution is 6.07. The number of carbonyl (C=O) groups is 3. The SMILES string of the molecule is CC(C)(C)NC(=O)OCc1ccccc1C(=O)c1nnc(-c2ccc(NC(=O)C(C)(C)C)cc2)nn1. The summed E-state index contributed by atoms with van der Waals surface area (Å²) in [5, 5.41) is 21.5. The first-order chi connectivity index (χ1) is 16.8. The highest BCUT2D eigenvalue weighted by Crippen LogP contribution is 2.21. The number of alkyl carbamates (subject to hydrolysis) is 1. The first-order valence-electron chi connectivity index (χ1n) is 11.4. The van der Waals surface area contributed by atoms with E-state index in [0.717, 1.165) is 0 Å². The van der Waals surface area contributed by atoms with Crippen LogP contribution < -0.4 is 10.6 Å². The van der Waals surface area contributed by atoms with Crippen LogP contribution in [0, 0.1) is 5.41 Å². The van der Waals surface area contributed by atoms with Crippen LogP contribution in [0.3, 0.4) is 0 Å². The zero-order valence-corrected chi connectivity index (χ0v) is 21.2. The van der Waals surface area contributed by atoms with Crippen molar-refractivity contribution in [1.29, 1.82) is 0 Å². The van der Waals surface area contributed by atoms with E-state index in [9.17, 15) is 14.4 Å². The van der Waals surface area contributed by atoms with Crippen LogP contribution in [-0.2, 0) is 16.1 Å². The van der Waals surface area contributed by atoms with Gasteiger partial charge in [-0.2, -0.15) is 0 Å². The van der Waals surface area contributed by atoms with Gasteiger partial charge < -0.3 is 15.4 Å². The van der Waals surface area contributed by atoms with Crippen LogP contribution in [0.25, 0.3) is 11.4 Å². The normalized spacial score (nSPS) is 11.5. The zero-order chi connectivity index (χ0) is 26.5. The number of hydrogen-bond donors (Lipinski definition) is 2. The molecule has 3 aromatic rings. The van der Waals surface area contributed by atoms with E-state index in [0.29, 0.717) is 16.8 Å². The average Bonchev–Trinajstić information content (AvgIpc) is 2.81. The molecule has 2 amide bonds. The van der Waals surface area contributed by atoms with Crippen LogP contribution in [0.1, 0.15) is 63.3 Å². The third-order valence-electron chi connectivity index (χ3n) is 4.86. The van der Waals surface area contributed by atoms with Crippen molar-refractivity contribution in [2.24, 2.45) is 5.41 Å². The van der Waals surface area contributed by atoms with Gasteiger partial charge in [-0.25, -0.2) is 4.79 Å². The summed E-state index contributed by atoms with van der Waals surface area (Å²) < 4.78 is 5.26.